The number of thiophene rings is 1. The van der Waals surface area contributed by atoms with Gasteiger partial charge in [0.15, 0.2) is 0 Å². The van der Waals surface area contributed by atoms with E-state index >= 15 is 0 Å². The van der Waals surface area contributed by atoms with E-state index in [4.69, 9.17) is 10.7 Å². The summed E-state index contributed by atoms with van der Waals surface area (Å²) in [5.74, 6) is -0.158. The van der Waals surface area contributed by atoms with Gasteiger partial charge in [-0.3, -0.25) is 9.79 Å². The molecule has 6 heteroatoms. The second-order valence-corrected chi connectivity index (χ2v) is 9.70. The van der Waals surface area contributed by atoms with Crippen LogP contribution < -0.4 is 11.1 Å². The third-order valence-electron chi connectivity index (χ3n) is 5.39. The highest BCUT2D eigenvalue weighted by Gasteiger charge is 2.18. The summed E-state index contributed by atoms with van der Waals surface area (Å²) in [4.78, 5) is 23.2. The summed E-state index contributed by atoms with van der Waals surface area (Å²) in [6.07, 6.45) is 0. The van der Waals surface area contributed by atoms with E-state index < -0.39 is 0 Å². The minimum Gasteiger partial charge on any atom is -0.343 e. The summed E-state index contributed by atoms with van der Waals surface area (Å²) < 4.78 is 0. The predicted octanol–water partition coefficient (Wildman–Crippen LogP) is 5.51. The van der Waals surface area contributed by atoms with E-state index in [1.807, 2.05) is 30.3 Å². The molecule has 5 nitrogen and oxygen atoms in total. The predicted molar refractivity (Wildman–Crippen MR) is 131 cm³/mol. The Hall–Kier alpha value is -3.09. The van der Waals surface area contributed by atoms with Gasteiger partial charge in [0.2, 0.25) is 0 Å². The number of pyridine rings is 1. The van der Waals surface area contributed by atoms with Crippen LogP contribution in [0, 0.1) is 0 Å². The zero-order valence-electron chi connectivity index (χ0n) is 18.0. The Kier molecular flexibility index (Phi) is 5.60. The van der Waals surface area contributed by atoms with Gasteiger partial charge in [-0.15, -0.1) is 11.3 Å². The molecule has 0 spiro atoms. The zero-order chi connectivity index (χ0) is 22.2. The van der Waals surface area contributed by atoms with Crippen molar-refractivity contribution >= 4 is 50.8 Å². The standard InChI is InChI=1S/C25H26N4OS/c1-25(2,3)18-8-9-20-16(11-18)10-17-13-22(31-24(17)29-20)23(30)28-21(14-26)15-6-5-7-19(12-15)27-4/h5-13,21H,4,14,26H2,1-3H3,(H,28,30)/t21-/m1/s1. The molecule has 0 unspecified atom stereocenters. The highest BCUT2D eigenvalue weighted by atomic mass is 32.1. The summed E-state index contributed by atoms with van der Waals surface area (Å²) in [5, 5.41) is 5.09. The van der Waals surface area contributed by atoms with Gasteiger partial charge in [-0.05, 0) is 59.7 Å². The fraction of sp³-hybridized carbons (Fsp3) is 0.240. The first-order valence-corrected chi connectivity index (χ1v) is 11.0. The van der Waals surface area contributed by atoms with E-state index in [0.29, 0.717) is 4.88 Å². The summed E-state index contributed by atoms with van der Waals surface area (Å²) in [7, 11) is 0. The maximum atomic E-state index is 13.0. The summed E-state index contributed by atoms with van der Waals surface area (Å²) in [6.45, 7) is 10.4. The van der Waals surface area contributed by atoms with E-state index in [2.05, 4.69) is 62.1 Å². The lowest BCUT2D eigenvalue weighted by molar-refractivity contribution is 0.0942. The molecule has 2 aromatic carbocycles. The number of carbonyl (C=O) groups excluding carboxylic acids is 1. The largest absolute Gasteiger partial charge is 0.343 e. The second kappa shape index (κ2) is 8.21. The normalized spacial score (nSPS) is 12.8. The van der Waals surface area contributed by atoms with Gasteiger partial charge in [0.1, 0.15) is 4.83 Å². The smallest absolute Gasteiger partial charge is 0.261 e. The Bertz CT molecular complexity index is 1290. The lowest BCUT2D eigenvalue weighted by Crippen LogP contribution is -2.32. The molecule has 0 radical (unpaired) electrons. The number of amides is 1. The molecule has 0 saturated heterocycles. The van der Waals surface area contributed by atoms with Gasteiger partial charge in [0.25, 0.3) is 5.91 Å². The Morgan fingerprint density at radius 1 is 1.16 bits per heavy atom. The van der Waals surface area contributed by atoms with Gasteiger partial charge in [0, 0.05) is 17.3 Å². The minimum absolute atomic E-state index is 0.0680. The van der Waals surface area contributed by atoms with Crippen LogP contribution in [0.15, 0.2) is 59.6 Å². The van der Waals surface area contributed by atoms with E-state index in [9.17, 15) is 4.79 Å². The summed E-state index contributed by atoms with van der Waals surface area (Å²) in [5.41, 5.74) is 9.86. The van der Waals surface area contributed by atoms with Crippen molar-refractivity contribution in [2.45, 2.75) is 32.2 Å². The molecule has 1 amide bonds. The molecule has 31 heavy (non-hydrogen) atoms. The fourth-order valence-electron chi connectivity index (χ4n) is 3.56. The second-order valence-electron chi connectivity index (χ2n) is 8.67. The molecule has 0 aliphatic rings. The van der Waals surface area contributed by atoms with Gasteiger partial charge in [-0.1, -0.05) is 39.0 Å². The highest BCUT2D eigenvalue weighted by molar-refractivity contribution is 7.20. The van der Waals surface area contributed by atoms with Crippen molar-refractivity contribution in [3.63, 3.8) is 0 Å². The van der Waals surface area contributed by atoms with Gasteiger partial charge in [0.05, 0.1) is 22.1 Å². The average Bonchev–Trinajstić information content (AvgIpc) is 3.17. The van der Waals surface area contributed by atoms with Crippen molar-refractivity contribution in [3.8, 4) is 0 Å². The molecule has 0 saturated carbocycles. The SMILES string of the molecule is C=Nc1cccc([C@@H](CN)NC(=O)c2cc3cc4cc(C(C)(C)C)ccc4nc3s2)c1. The topological polar surface area (TPSA) is 80.4 Å². The summed E-state index contributed by atoms with van der Waals surface area (Å²) in [6, 6.07) is 17.6. The maximum Gasteiger partial charge on any atom is 0.261 e. The van der Waals surface area contributed by atoms with Crippen molar-refractivity contribution in [2.75, 3.05) is 6.54 Å². The van der Waals surface area contributed by atoms with E-state index in [0.717, 1.165) is 32.4 Å². The number of aromatic nitrogens is 1. The van der Waals surface area contributed by atoms with Gasteiger partial charge < -0.3 is 11.1 Å². The lowest BCUT2D eigenvalue weighted by Gasteiger charge is -2.19. The number of hydrogen-bond donors (Lipinski definition) is 2. The molecule has 4 rings (SSSR count). The van der Waals surface area contributed by atoms with Crippen molar-refractivity contribution in [1.29, 1.82) is 0 Å². The Balaban J connectivity index is 1.64. The molecule has 0 bridgehead atoms. The number of aliphatic imine (C=N–C) groups is 1. The number of carbonyl (C=O) groups is 1. The first-order chi connectivity index (χ1) is 14.8. The van der Waals surface area contributed by atoms with E-state index in [1.54, 1.807) is 0 Å². The third-order valence-corrected chi connectivity index (χ3v) is 6.43. The molecule has 2 aromatic heterocycles. The van der Waals surface area contributed by atoms with Crippen LogP contribution >= 0.6 is 11.3 Å². The van der Waals surface area contributed by atoms with Crippen LogP contribution in [0.2, 0.25) is 0 Å². The molecule has 0 aliphatic carbocycles. The van der Waals surface area contributed by atoms with Gasteiger partial charge in [-0.25, -0.2) is 4.98 Å². The molecule has 2 heterocycles. The van der Waals surface area contributed by atoms with Crippen LogP contribution in [0.4, 0.5) is 5.69 Å². The molecular formula is C25H26N4OS. The van der Waals surface area contributed by atoms with E-state index in [1.165, 1.54) is 16.9 Å². The first kappa shape index (κ1) is 21.2. The highest BCUT2D eigenvalue weighted by Crippen LogP contribution is 2.31. The molecule has 1 atom stereocenters. The van der Waals surface area contributed by atoms with Crippen LogP contribution in [0.3, 0.4) is 0 Å². The summed E-state index contributed by atoms with van der Waals surface area (Å²) >= 11 is 1.39. The van der Waals surface area contributed by atoms with Gasteiger partial charge >= 0.3 is 0 Å². The van der Waals surface area contributed by atoms with Crippen LogP contribution in [0.25, 0.3) is 21.1 Å². The maximum absolute atomic E-state index is 13.0. The van der Waals surface area contributed by atoms with Crippen molar-refractivity contribution in [2.24, 2.45) is 10.7 Å². The third kappa shape index (κ3) is 4.36. The van der Waals surface area contributed by atoms with Crippen LogP contribution in [0.5, 0.6) is 0 Å². The van der Waals surface area contributed by atoms with Crippen LogP contribution in [-0.2, 0) is 5.41 Å². The first-order valence-electron chi connectivity index (χ1n) is 10.2. The Labute approximate surface area is 186 Å². The lowest BCUT2D eigenvalue weighted by atomic mass is 9.86. The van der Waals surface area contributed by atoms with Crippen molar-refractivity contribution < 1.29 is 4.79 Å². The van der Waals surface area contributed by atoms with Crippen molar-refractivity contribution in [1.82, 2.24) is 10.3 Å². The molecular weight excluding hydrogens is 404 g/mol. The molecule has 0 fully saturated rings. The number of nitrogens with two attached hydrogens (primary N) is 1. The molecule has 4 aromatic rings. The fourth-order valence-corrected chi connectivity index (χ4v) is 4.49. The molecule has 0 aliphatic heterocycles. The Morgan fingerprint density at radius 2 is 1.97 bits per heavy atom. The minimum atomic E-state index is -0.305. The van der Waals surface area contributed by atoms with E-state index in [-0.39, 0.29) is 23.9 Å². The van der Waals surface area contributed by atoms with Crippen molar-refractivity contribution in [3.05, 3.63) is 70.6 Å². The van der Waals surface area contributed by atoms with Crippen LogP contribution in [0.1, 0.15) is 47.6 Å². The molecule has 3 N–H and O–H groups in total. The quantitative estimate of drug-likeness (QED) is 0.410. The number of nitrogens with one attached hydrogen (secondary N) is 1. The number of hydrogen-bond acceptors (Lipinski definition) is 5. The monoisotopic (exact) mass is 430 g/mol. The Morgan fingerprint density at radius 3 is 2.68 bits per heavy atom. The average molecular weight is 431 g/mol. The van der Waals surface area contributed by atoms with Gasteiger partial charge in [-0.2, -0.15) is 0 Å². The zero-order valence-corrected chi connectivity index (χ0v) is 18.8. The number of rotatable bonds is 5. The molecule has 158 valence electrons. The number of nitrogens with zero attached hydrogens (tertiary/aromatic N) is 2. The van der Waals surface area contributed by atoms with Crippen LogP contribution in [-0.4, -0.2) is 24.2 Å². The number of benzene rings is 2. The number of fused-ring (bicyclic) bond motifs is 2.